The van der Waals surface area contributed by atoms with Gasteiger partial charge in [-0.25, -0.2) is 4.98 Å². The monoisotopic (exact) mass is 267 g/mol. The Bertz CT molecular complexity index is 793. The molecule has 20 heavy (non-hydrogen) atoms. The second kappa shape index (κ2) is 4.77. The Morgan fingerprint density at radius 1 is 1.25 bits per heavy atom. The van der Waals surface area contributed by atoms with Crippen LogP contribution in [0.25, 0.3) is 17.0 Å². The van der Waals surface area contributed by atoms with Crippen molar-refractivity contribution in [3.63, 3.8) is 0 Å². The number of fused-ring (bicyclic) bond motifs is 1. The maximum absolute atomic E-state index is 11.1. The van der Waals surface area contributed by atoms with E-state index >= 15 is 0 Å². The Labute approximate surface area is 115 Å². The predicted octanol–water partition coefficient (Wildman–Crippen LogP) is 2.53. The van der Waals surface area contributed by atoms with E-state index in [0.29, 0.717) is 17.2 Å². The molecule has 5 heteroatoms. The first-order chi connectivity index (χ1) is 9.72. The van der Waals surface area contributed by atoms with Crippen LogP contribution >= 0.6 is 0 Å². The van der Waals surface area contributed by atoms with E-state index in [1.165, 1.54) is 0 Å². The van der Waals surface area contributed by atoms with Crippen molar-refractivity contribution in [3.05, 3.63) is 47.8 Å². The number of hydrogen-bond donors (Lipinski definition) is 0. The largest absolute Gasteiger partial charge is 0.481 e. The average molecular weight is 267 g/mol. The second-order valence-corrected chi connectivity index (χ2v) is 4.44. The molecule has 3 rings (SSSR count). The molecule has 100 valence electrons. The smallest absolute Gasteiger partial charge is 0.237 e. The van der Waals surface area contributed by atoms with E-state index in [1.54, 1.807) is 13.2 Å². The Morgan fingerprint density at radius 2 is 2.05 bits per heavy atom. The van der Waals surface area contributed by atoms with Gasteiger partial charge in [-0.05, 0) is 6.92 Å². The van der Waals surface area contributed by atoms with Crippen LogP contribution in [0.5, 0.6) is 5.88 Å². The van der Waals surface area contributed by atoms with Gasteiger partial charge in [-0.3, -0.25) is 9.20 Å². The molecule has 0 spiro atoms. The minimum Gasteiger partial charge on any atom is -0.481 e. The maximum atomic E-state index is 11.1. The van der Waals surface area contributed by atoms with E-state index < -0.39 is 0 Å². The highest BCUT2D eigenvalue weighted by molar-refractivity contribution is 5.86. The molecule has 0 aliphatic rings. The van der Waals surface area contributed by atoms with Crippen molar-refractivity contribution >= 4 is 12.1 Å². The quantitative estimate of drug-likeness (QED) is 0.684. The maximum Gasteiger partial charge on any atom is 0.237 e. The van der Waals surface area contributed by atoms with Crippen molar-refractivity contribution in [3.8, 4) is 17.1 Å². The highest BCUT2D eigenvalue weighted by Gasteiger charge is 2.11. The van der Waals surface area contributed by atoms with Gasteiger partial charge in [0.15, 0.2) is 6.29 Å². The van der Waals surface area contributed by atoms with E-state index in [-0.39, 0.29) is 0 Å². The summed E-state index contributed by atoms with van der Waals surface area (Å²) in [6, 6.07) is 9.19. The molecule has 3 aromatic rings. The van der Waals surface area contributed by atoms with Crippen LogP contribution in [0.1, 0.15) is 16.1 Å². The van der Waals surface area contributed by atoms with Crippen LogP contribution in [0.2, 0.25) is 0 Å². The summed E-state index contributed by atoms with van der Waals surface area (Å²) in [5.41, 5.74) is 3.10. The first-order valence-electron chi connectivity index (χ1n) is 6.18. The van der Waals surface area contributed by atoms with E-state index in [0.717, 1.165) is 23.2 Å². The van der Waals surface area contributed by atoms with Crippen LogP contribution in [0.3, 0.4) is 0 Å². The van der Waals surface area contributed by atoms with Crippen molar-refractivity contribution in [1.82, 2.24) is 14.4 Å². The number of aryl methyl sites for hydroxylation is 1. The summed E-state index contributed by atoms with van der Waals surface area (Å²) < 4.78 is 7.02. The summed E-state index contributed by atoms with van der Waals surface area (Å²) in [5.74, 6) is 1.08. The fourth-order valence-electron chi connectivity index (χ4n) is 2.16. The molecule has 2 heterocycles. The molecule has 0 aliphatic heterocycles. The second-order valence-electron chi connectivity index (χ2n) is 4.44. The number of rotatable bonds is 3. The molecule has 0 amide bonds. The van der Waals surface area contributed by atoms with Crippen molar-refractivity contribution < 1.29 is 9.53 Å². The number of ether oxygens (including phenoxy) is 1. The molecule has 0 aliphatic carbocycles. The van der Waals surface area contributed by atoms with Gasteiger partial charge < -0.3 is 4.74 Å². The van der Waals surface area contributed by atoms with E-state index in [4.69, 9.17) is 4.74 Å². The molecule has 0 saturated carbocycles. The first kappa shape index (κ1) is 12.3. The molecule has 0 radical (unpaired) electrons. The Kier molecular flexibility index (Phi) is 2.95. The van der Waals surface area contributed by atoms with Crippen LogP contribution in [0.15, 0.2) is 36.5 Å². The Balaban J connectivity index is 2.23. The summed E-state index contributed by atoms with van der Waals surface area (Å²) in [5, 5.41) is 0. The van der Waals surface area contributed by atoms with E-state index in [2.05, 4.69) is 9.97 Å². The number of benzene rings is 1. The summed E-state index contributed by atoms with van der Waals surface area (Å²) in [6.07, 6.45) is 2.71. The number of carbonyl (C=O) groups is 1. The Morgan fingerprint density at radius 3 is 2.80 bits per heavy atom. The average Bonchev–Trinajstić information content (AvgIpc) is 2.91. The fourth-order valence-corrected chi connectivity index (χ4v) is 2.16. The van der Waals surface area contributed by atoms with Gasteiger partial charge in [0.25, 0.3) is 0 Å². The molecule has 5 nitrogen and oxygen atoms in total. The lowest BCUT2D eigenvalue weighted by atomic mass is 10.1. The molecule has 0 atom stereocenters. The van der Waals surface area contributed by atoms with Gasteiger partial charge in [0.1, 0.15) is 0 Å². The third kappa shape index (κ3) is 1.93. The van der Waals surface area contributed by atoms with Crippen LogP contribution < -0.4 is 4.74 Å². The van der Waals surface area contributed by atoms with Gasteiger partial charge in [0, 0.05) is 29.1 Å². The predicted molar refractivity (Wildman–Crippen MR) is 75.1 cm³/mol. The minimum atomic E-state index is 0.524. The number of methoxy groups -OCH3 is 1. The lowest BCUT2D eigenvalue weighted by Crippen LogP contribution is -1.96. The molecule has 0 bridgehead atoms. The zero-order valence-electron chi connectivity index (χ0n) is 11.2. The summed E-state index contributed by atoms with van der Waals surface area (Å²) in [4.78, 5) is 19.9. The van der Waals surface area contributed by atoms with Gasteiger partial charge in [-0.15, -0.1) is 0 Å². The fraction of sp³-hybridized carbons (Fsp3) is 0.133. The van der Waals surface area contributed by atoms with Crippen molar-refractivity contribution in [2.75, 3.05) is 7.11 Å². The summed E-state index contributed by atoms with van der Waals surface area (Å²) in [7, 11) is 1.57. The lowest BCUT2D eigenvalue weighted by Gasteiger charge is -2.01. The minimum absolute atomic E-state index is 0.524. The third-order valence-corrected chi connectivity index (χ3v) is 3.18. The lowest BCUT2D eigenvalue weighted by molar-refractivity contribution is 0.112. The topological polar surface area (TPSA) is 56.5 Å². The summed E-state index contributed by atoms with van der Waals surface area (Å²) in [6.45, 7) is 1.95. The number of hydrogen-bond acceptors (Lipinski definition) is 4. The number of aromatic nitrogens is 3. The van der Waals surface area contributed by atoms with E-state index in [1.807, 2.05) is 41.8 Å². The molecule has 0 unspecified atom stereocenters. The van der Waals surface area contributed by atoms with Crippen LogP contribution in [-0.2, 0) is 0 Å². The first-order valence-corrected chi connectivity index (χ1v) is 6.18. The Hall–Kier alpha value is -2.69. The number of carbonyl (C=O) groups excluding carboxylic acids is 1. The SMILES string of the molecule is COc1cc(C)n2cc(-c3ccccc3C=O)nc2n1. The number of imidazole rings is 1. The van der Waals surface area contributed by atoms with Crippen molar-refractivity contribution in [2.24, 2.45) is 0 Å². The number of aldehydes is 1. The third-order valence-electron chi connectivity index (χ3n) is 3.18. The normalized spacial score (nSPS) is 10.7. The van der Waals surface area contributed by atoms with Crippen molar-refractivity contribution in [2.45, 2.75) is 6.92 Å². The number of nitrogens with zero attached hydrogens (tertiary/aromatic N) is 3. The molecule has 0 fully saturated rings. The molecular weight excluding hydrogens is 254 g/mol. The molecule has 2 aromatic heterocycles. The highest BCUT2D eigenvalue weighted by Crippen LogP contribution is 2.23. The molecule has 1 aromatic carbocycles. The van der Waals surface area contributed by atoms with Crippen LogP contribution in [0, 0.1) is 6.92 Å². The van der Waals surface area contributed by atoms with Gasteiger partial charge >= 0.3 is 0 Å². The zero-order valence-corrected chi connectivity index (χ0v) is 11.2. The van der Waals surface area contributed by atoms with Gasteiger partial charge in [-0.1, -0.05) is 24.3 Å². The zero-order chi connectivity index (χ0) is 14.1. The molecule has 0 saturated heterocycles. The van der Waals surface area contributed by atoms with E-state index in [9.17, 15) is 4.79 Å². The molecule has 0 N–H and O–H groups in total. The van der Waals surface area contributed by atoms with Gasteiger partial charge in [0.05, 0.1) is 12.8 Å². The van der Waals surface area contributed by atoms with Crippen LogP contribution in [-0.4, -0.2) is 27.8 Å². The van der Waals surface area contributed by atoms with Crippen molar-refractivity contribution in [1.29, 1.82) is 0 Å². The summed E-state index contributed by atoms with van der Waals surface area (Å²) >= 11 is 0. The van der Waals surface area contributed by atoms with Gasteiger partial charge in [-0.2, -0.15) is 4.98 Å². The molecular formula is C15H13N3O2. The standard InChI is InChI=1S/C15H13N3O2/c1-10-7-14(20-2)17-15-16-13(8-18(10)15)12-6-4-3-5-11(12)9-19/h3-9H,1-2H3. The van der Waals surface area contributed by atoms with Gasteiger partial charge in [0.2, 0.25) is 11.7 Å². The van der Waals surface area contributed by atoms with Crippen LogP contribution in [0.4, 0.5) is 0 Å². The highest BCUT2D eigenvalue weighted by atomic mass is 16.5.